The van der Waals surface area contributed by atoms with Crippen molar-refractivity contribution in [3.63, 3.8) is 0 Å². The fraction of sp³-hybridized carbons (Fsp3) is 0.167. The zero-order chi connectivity index (χ0) is 14.9. The van der Waals surface area contributed by atoms with Crippen molar-refractivity contribution in [2.75, 3.05) is 0 Å². The topological polar surface area (TPSA) is 75.3 Å². The van der Waals surface area contributed by atoms with Gasteiger partial charge in [0, 0.05) is 6.07 Å². The van der Waals surface area contributed by atoms with E-state index in [1.54, 1.807) is 0 Å². The molecule has 1 heterocycles. The van der Waals surface area contributed by atoms with E-state index in [0.29, 0.717) is 10.7 Å². The van der Waals surface area contributed by atoms with E-state index in [2.05, 4.69) is 5.10 Å². The molecule has 0 unspecified atom stereocenters. The second-order valence-electron chi connectivity index (χ2n) is 3.90. The van der Waals surface area contributed by atoms with Crippen LogP contribution in [0.5, 0.6) is 5.75 Å². The summed E-state index contributed by atoms with van der Waals surface area (Å²) in [6, 6.07) is 5.10. The molecule has 0 aliphatic rings. The number of para-hydroxylation sites is 1. The van der Waals surface area contributed by atoms with Crippen LogP contribution in [0.4, 0.5) is 13.2 Å². The molecule has 8 heteroatoms. The van der Waals surface area contributed by atoms with Gasteiger partial charge in [-0.15, -0.1) is 0 Å². The van der Waals surface area contributed by atoms with Crippen molar-refractivity contribution in [2.24, 2.45) is 0 Å². The summed E-state index contributed by atoms with van der Waals surface area (Å²) in [5.41, 5.74) is -2.73. The Morgan fingerprint density at radius 3 is 2.50 bits per heavy atom. The molecule has 20 heavy (non-hydrogen) atoms. The molecule has 0 bridgehead atoms. The number of hydrogen-bond donors (Lipinski definition) is 2. The molecule has 0 saturated carbocycles. The highest BCUT2D eigenvalue weighted by atomic mass is 19.4. The van der Waals surface area contributed by atoms with Crippen LogP contribution < -0.4 is 5.56 Å². The van der Waals surface area contributed by atoms with E-state index in [1.165, 1.54) is 12.1 Å². The van der Waals surface area contributed by atoms with E-state index in [4.69, 9.17) is 5.11 Å². The van der Waals surface area contributed by atoms with Crippen LogP contribution in [0.1, 0.15) is 11.3 Å². The molecule has 5 nitrogen and oxygen atoms in total. The number of aromatic nitrogens is 2. The molecule has 2 N–H and O–H groups in total. The van der Waals surface area contributed by atoms with Crippen molar-refractivity contribution < 1.29 is 23.4 Å². The number of hydrogen-bond acceptors (Lipinski definition) is 4. The molecule has 1 aromatic carbocycles. The largest absolute Gasteiger partial charge is 0.506 e. The van der Waals surface area contributed by atoms with Crippen molar-refractivity contribution in [1.82, 2.24) is 9.78 Å². The van der Waals surface area contributed by atoms with Crippen LogP contribution >= 0.6 is 0 Å². The first-order valence-electron chi connectivity index (χ1n) is 5.44. The average molecular weight is 286 g/mol. The van der Waals surface area contributed by atoms with Crippen molar-refractivity contribution in [3.8, 4) is 11.4 Å². The summed E-state index contributed by atoms with van der Waals surface area (Å²) in [5, 5.41) is 21.8. The van der Waals surface area contributed by atoms with Gasteiger partial charge in [0.15, 0.2) is 0 Å². The first-order chi connectivity index (χ1) is 9.34. The molecule has 0 amide bonds. The van der Waals surface area contributed by atoms with Gasteiger partial charge in [0.05, 0.1) is 17.9 Å². The lowest BCUT2D eigenvalue weighted by atomic mass is 10.1. The van der Waals surface area contributed by atoms with Crippen molar-refractivity contribution >= 4 is 0 Å². The fourth-order valence-corrected chi connectivity index (χ4v) is 1.67. The Bertz CT molecular complexity index is 695. The molecule has 0 aliphatic carbocycles. The first-order valence-corrected chi connectivity index (χ1v) is 5.44. The molecular formula is C12H9F3N2O3. The minimum atomic E-state index is -4.66. The second-order valence-corrected chi connectivity index (χ2v) is 3.90. The maximum absolute atomic E-state index is 12.9. The fourth-order valence-electron chi connectivity index (χ4n) is 1.67. The number of aliphatic hydroxyl groups excluding tert-OH is 1. The van der Waals surface area contributed by atoms with Crippen LogP contribution in [-0.2, 0) is 12.8 Å². The summed E-state index contributed by atoms with van der Waals surface area (Å²) in [6.45, 7) is -0.708. The molecule has 0 spiro atoms. The van der Waals surface area contributed by atoms with Gasteiger partial charge < -0.3 is 10.2 Å². The quantitative estimate of drug-likeness (QED) is 0.876. The molecule has 106 valence electrons. The van der Waals surface area contributed by atoms with E-state index in [1.807, 2.05) is 0 Å². The number of halogens is 3. The number of alkyl halides is 3. The minimum Gasteiger partial charge on any atom is -0.506 e. The molecule has 2 aromatic rings. The lowest BCUT2D eigenvalue weighted by molar-refractivity contribution is -0.137. The number of aliphatic hydroxyl groups is 1. The SMILES string of the molecule is O=c1cc(O)c(CO)nn1-c1ccccc1C(F)(F)F. The Hall–Kier alpha value is -2.35. The summed E-state index contributed by atoms with van der Waals surface area (Å²) in [5.74, 6) is -0.571. The minimum absolute atomic E-state index is 0.290. The Morgan fingerprint density at radius 2 is 1.90 bits per heavy atom. The van der Waals surface area contributed by atoms with E-state index in [9.17, 15) is 23.1 Å². The number of benzene rings is 1. The number of rotatable bonds is 2. The normalized spacial score (nSPS) is 11.6. The van der Waals surface area contributed by atoms with Crippen molar-refractivity contribution in [1.29, 1.82) is 0 Å². The van der Waals surface area contributed by atoms with Gasteiger partial charge in [-0.25, -0.2) is 0 Å². The highest BCUT2D eigenvalue weighted by molar-refractivity contribution is 5.42. The standard InChI is InChI=1S/C12H9F3N2O3/c13-12(14,15)7-3-1-2-4-9(7)17-11(20)5-10(19)8(6-18)16-17/h1-5,18-19H,6H2. The van der Waals surface area contributed by atoms with Gasteiger partial charge in [0.25, 0.3) is 5.56 Å². The third-order valence-corrected chi connectivity index (χ3v) is 2.57. The molecule has 2 rings (SSSR count). The van der Waals surface area contributed by atoms with Crippen LogP contribution in [0.2, 0.25) is 0 Å². The number of aromatic hydroxyl groups is 1. The van der Waals surface area contributed by atoms with Gasteiger partial charge in [-0.2, -0.15) is 23.0 Å². The first kappa shape index (κ1) is 14.1. The predicted molar refractivity (Wildman–Crippen MR) is 62.4 cm³/mol. The van der Waals surface area contributed by atoms with Crippen LogP contribution in [0.15, 0.2) is 35.1 Å². The third-order valence-electron chi connectivity index (χ3n) is 2.57. The van der Waals surface area contributed by atoms with E-state index in [-0.39, 0.29) is 5.69 Å². The maximum Gasteiger partial charge on any atom is 0.418 e. The smallest absolute Gasteiger partial charge is 0.418 e. The molecule has 0 saturated heterocycles. The zero-order valence-electron chi connectivity index (χ0n) is 9.92. The highest BCUT2D eigenvalue weighted by Crippen LogP contribution is 2.33. The van der Waals surface area contributed by atoms with Gasteiger partial charge in [-0.05, 0) is 12.1 Å². The van der Waals surface area contributed by atoms with Crippen molar-refractivity contribution in [2.45, 2.75) is 12.8 Å². The monoisotopic (exact) mass is 286 g/mol. The lowest BCUT2D eigenvalue weighted by Gasteiger charge is -2.14. The predicted octanol–water partition coefficient (Wildman–Crippen LogP) is 1.45. The van der Waals surface area contributed by atoms with E-state index < -0.39 is 35.3 Å². The summed E-state index contributed by atoms with van der Waals surface area (Å²) in [4.78, 5) is 11.7. The number of nitrogens with zero attached hydrogens (tertiary/aromatic N) is 2. The second kappa shape index (κ2) is 4.97. The summed E-state index contributed by atoms with van der Waals surface area (Å²) in [6.07, 6.45) is -4.66. The van der Waals surface area contributed by atoms with Crippen molar-refractivity contribution in [3.05, 3.63) is 51.9 Å². The summed E-state index contributed by atoms with van der Waals surface area (Å²) in [7, 11) is 0. The van der Waals surface area contributed by atoms with E-state index >= 15 is 0 Å². The van der Waals surface area contributed by atoms with Crippen LogP contribution in [0.3, 0.4) is 0 Å². The van der Waals surface area contributed by atoms with Gasteiger partial charge >= 0.3 is 6.18 Å². The van der Waals surface area contributed by atoms with Gasteiger partial charge in [0.2, 0.25) is 0 Å². The van der Waals surface area contributed by atoms with Crippen LogP contribution in [0.25, 0.3) is 5.69 Å². The average Bonchev–Trinajstić information content (AvgIpc) is 2.38. The molecular weight excluding hydrogens is 277 g/mol. The maximum atomic E-state index is 12.9. The molecule has 0 fully saturated rings. The molecule has 1 aromatic heterocycles. The van der Waals surface area contributed by atoms with Gasteiger partial charge in [-0.1, -0.05) is 12.1 Å². The van der Waals surface area contributed by atoms with Crippen LogP contribution in [0, 0.1) is 0 Å². The van der Waals surface area contributed by atoms with Gasteiger partial charge in [-0.3, -0.25) is 4.79 Å². The summed E-state index contributed by atoms with van der Waals surface area (Å²) < 4.78 is 39.2. The van der Waals surface area contributed by atoms with E-state index in [0.717, 1.165) is 12.1 Å². The zero-order valence-corrected chi connectivity index (χ0v) is 9.92. The van der Waals surface area contributed by atoms with Gasteiger partial charge in [0.1, 0.15) is 11.4 Å². The Kier molecular flexibility index (Phi) is 3.49. The highest BCUT2D eigenvalue weighted by Gasteiger charge is 2.34. The lowest BCUT2D eigenvalue weighted by Crippen LogP contribution is -2.24. The van der Waals surface area contributed by atoms with Crippen LogP contribution in [-0.4, -0.2) is 20.0 Å². The Labute approximate surface area is 110 Å². The molecule has 0 aliphatic heterocycles. The Balaban J connectivity index is 2.73. The molecule has 0 atom stereocenters. The summed E-state index contributed by atoms with van der Waals surface area (Å²) >= 11 is 0. The third kappa shape index (κ3) is 2.50. The Morgan fingerprint density at radius 1 is 1.25 bits per heavy atom. The molecule has 0 radical (unpaired) electrons.